The van der Waals surface area contributed by atoms with Crippen LogP contribution >= 0.6 is 0 Å². The molecule has 0 saturated heterocycles. The molecule has 0 unspecified atom stereocenters. The van der Waals surface area contributed by atoms with Gasteiger partial charge in [0, 0.05) is 6.61 Å². The summed E-state index contributed by atoms with van der Waals surface area (Å²) in [6.45, 7) is 4.79. The van der Waals surface area contributed by atoms with Crippen molar-refractivity contribution in [2.24, 2.45) is 0 Å². The molecule has 1 aromatic carbocycles. The Bertz CT molecular complexity index is 340. The second kappa shape index (κ2) is 6.43. The van der Waals surface area contributed by atoms with Gasteiger partial charge in [-0.3, -0.25) is 0 Å². The minimum atomic E-state index is -0.921. The van der Waals surface area contributed by atoms with Crippen molar-refractivity contribution in [3.8, 4) is 5.75 Å². The normalized spacial score (nSPS) is 10.5. The molecule has 0 aromatic heterocycles. The average Bonchev–Trinajstić information content (AvgIpc) is 2.30. The Morgan fingerprint density at radius 3 is 2.44 bits per heavy atom. The Hall–Kier alpha value is -1.16. The first-order chi connectivity index (χ1) is 7.70. The molecular weight excluding hydrogens is 214 g/mol. The van der Waals surface area contributed by atoms with Gasteiger partial charge < -0.3 is 9.47 Å². The molecule has 0 bridgehead atoms. The highest BCUT2D eigenvalue weighted by atomic mass is 19.2. The fraction of sp³-hybridized carbons (Fsp3) is 0.500. The van der Waals surface area contributed by atoms with Gasteiger partial charge in [-0.05, 0) is 25.0 Å². The van der Waals surface area contributed by atoms with Crippen LogP contribution in [0.5, 0.6) is 5.75 Å². The highest BCUT2D eigenvalue weighted by molar-refractivity contribution is 5.31. The number of hydrogen-bond acceptors (Lipinski definition) is 2. The molecular formula is C12H16F2O2. The molecule has 0 saturated carbocycles. The van der Waals surface area contributed by atoms with Gasteiger partial charge in [0.2, 0.25) is 5.82 Å². The molecule has 0 radical (unpaired) electrons. The van der Waals surface area contributed by atoms with E-state index in [0.717, 1.165) is 0 Å². The van der Waals surface area contributed by atoms with Crippen molar-refractivity contribution in [1.82, 2.24) is 0 Å². The smallest absolute Gasteiger partial charge is 0.200 e. The Labute approximate surface area is 94.2 Å². The van der Waals surface area contributed by atoms with Gasteiger partial charge in [-0.15, -0.1) is 0 Å². The van der Waals surface area contributed by atoms with E-state index >= 15 is 0 Å². The molecule has 1 aromatic rings. The molecule has 2 nitrogen and oxygen atoms in total. The van der Waals surface area contributed by atoms with Crippen LogP contribution < -0.4 is 4.74 Å². The quantitative estimate of drug-likeness (QED) is 0.699. The van der Waals surface area contributed by atoms with Crippen LogP contribution in [0.2, 0.25) is 0 Å². The molecule has 0 N–H and O–H groups in total. The van der Waals surface area contributed by atoms with Gasteiger partial charge in [-0.1, -0.05) is 13.0 Å². The van der Waals surface area contributed by atoms with E-state index in [0.29, 0.717) is 25.2 Å². The average molecular weight is 230 g/mol. The first-order valence-electron chi connectivity index (χ1n) is 5.38. The summed E-state index contributed by atoms with van der Waals surface area (Å²) in [4.78, 5) is 0. The summed E-state index contributed by atoms with van der Waals surface area (Å²) in [5, 5.41) is 0. The topological polar surface area (TPSA) is 18.5 Å². The number of halogens is 2. The second-order valence-electron chi connectivity index (χ2n) is 3.25. The van der Waals surface area contributed by atoms with E-state index in [4.69, 9.17) is 9.47 Å². The van der Waals surface area contributed by atoms with Crippen molar-refractivity contribution in [2.45, 2.75) is 20.3 Å². The lowest BCUT2D eigenvalue weighted by atomic mass is 10.1. The Morgan fingerprint density at radius 1 is 1.06 bits per heavy atom. The molecule has 0 aliphatic carbocycles. The summed E-state index contributed by atoms with van der Waals surface area (Å²) >= 11 is 0. The molecule has 0 aliphatic rings. The Kier molecular flexibility index (Phi) is 5.19. The van der Waals surface area contributed by atoms with Crippen molar-refractivity contribution >= 4 is 0 Å². The predicted molar refractivity (Wildman–Crippen MR) is 57.7 cm³/mol. The molecule has 16 heavy (non-hydrogen) atoms. The summed E-state index contributed by atoms with van der Waals surface area (Å²) in [5.74, 6) is -1.80. The monoisotopic (exact) mass is 230 g/mol. The van der Waals surface area contributed by atoms with E-state index in [1.807, 2.05) is 6.92 Å². The summed E-state index contributed by atoms with van der Waals surface area (Å²) < 4.78 is 36.9. The summed E-state index contributed by atoms with van der Waals surface area (Å²) in [5.41, 5.74) is 0.356. The summed E-state index contributed by atoms with van der Waals surface area (Å²) in [6, 6.07) is 2.98. The fourth-order valence-corrected chi connectivity index (χ4v) is 1.31. The third-order valence-corrected chi connectivity index (χ3v) is 2.20. The van der Waals surface area contributed by atoms with Crippen LogP contribution in [-0.2, 0) is 11.2 Å². The largest absolute Gasteiger partial charge is 0.488 e. The zero-order chi connectivity index (χ0) is 12.0. The van der Waals surface area contributed by atoms with Gasteiger partial charge in [0.15, 0.2) is 11.6 Å². The molecule has 1 rings (SSSR count). The first kappa shape index (κ1) is 12.9. The zero-order valence-electron chi connectivity index (χ0n) is 9.56. The minimum Gasteiger partial charge on any atom is -0.488 e. The molecule has 0 aliphatic heterocycles. The van der Waals surface area contributed by atoms with Crippen LogP contribution in [0.15, 0.2) is 12.1 Å². The number of ether oxygens (including phenoxy) is 2. The Balaban J connectivity index is 2.64. The van der Waals surface area contributed by atoms with Gasteiger partial charge in [0.05, 0.1) is 6.61 Å². The number of rotatable bonds is 6. The van der Waals surface area contributed by atoms with Gasteiger partial charge in [0.1, 0.15) is 6.61 Å². The third kappa shape index (κ3) is 3.17. The van der Waals surface area contributed by atoms with Crippen LogP contribution in [0.3, 0.4) is 0 Å². The molecule has 4 heteroatoms. The summed E-state index contributed by atoms with van der Waals surface area (Å²) in [7, 11) is 0. The highest BCUT2D eigenvalue weighted by Crippen LogP contribution is 2.22. The molecule has 0 heterocycles. The fourth-order valence-electron chi connectivity index (χ4n) is 1.31. The van der Waals surface area contributed by atoms with Crippen molar-refractivity contribution in [1.29, 1.82) is 0 Å². The van der Waals surface area contributed by atoms with Crippen LogP contribution in [0.25, 0.3) is 0 Å². The van der Waals surface area contributed by atoms with Crippen molar-refractivity contribution in [3.63, 3.8) is 0 Å². The highest BCUT2D eigenvalue weighted by Gasteiger charge is 2.12. The molecule has 0 amide bonds. The van der Waals surface area contributed by atoms with Crippen LogP contribution in [0, 0.1) is 11.6 Å². The molecule has 90 valence electrons. The van der Waals surface area contributed by atoms with E-state index in [9.17, 15) is 8.78 Å². The molecule has 0 fully saturated rings. The first-order valence-corrected chi connectivity index (χ1v) is 5.38. The number of aryl methyl sites for hydroxylation is 1. The van der Waals surface area contributed by atoms with E-state index in [-0.39, 0.29) is 12.4 Å². The van der Waals surface area contributed by atoms with Crippen molar-refractivity contribution in [3.05, 3.63) is 29.3 Å². The number of hydrogen-bond donors (Lipinski definition) is 0. The lowest BCUT2D eigenvalue weighted by molar-refractivity contribution is 0.108. The molecule has 0 spiro atoms. The SMILES string of the molecule is CCOCCOc1ccc(CC)c(F)c1F. The van der Waals surface area contributed by atoms with Gasteiger partial charge in [-0.2, -0.15) is 4.39 Å². The van der Waals surface area contributed by atoms with E-state index in [2.05, 4.69) is 0 Å². The van der Waals surface area contributed by atoms with Crippen molar-refractivity contribution < 1.29 is 18.3 Å². The van der Waals surface area contributed by atoms with E-state index in [1.54, 1.807) is 6.92 Å². The lowest BCUT2D eigenvalue weighted by Gasteiger charge is -2.09. The maximum Gasteiger partial charge on any atom is 0.200 e. The summed E-state index contributed by atoms with van der Waals surface area (Å²) in [6.07, 6.45) is 0.460. The van der Waals surface area contributed by atoms with Crippen molar-refractivity contribution in [2.75, 3.05) is 19.8 Å². The van der Waals surface area contributed by atoms with Gasteiger partial charge in [-0.25, -0.2) is 4.39 Å². The second-order valence-corrected chi connectivity index (χ2v) is 3.25. The maximum atomic E-state index is 13.4. The van der Waals surface area contributed by atoms with Crippen LogP contribution in [0.4, 0.5) is 8.78 Å². The van der Waals surface area contributed by atoms with Gasteiger partial charge in [0.25, 0.3) is 0 Å². The maximum absolute atomic E-state index is 13.4. The third-order valence-electron chi connectivity index (χ3n) is 2.20. The molecule has 0 atom stereocenters. The van der Waals surface area contributed by atoms with Gasteiger partial charge >= 0.3 is 0 Å². The number of benzene rings is 1. The van der Waals surface area contributed by atoms with Crippen LogP contribution in [-0.4, -0.2) is 19.8 Å². The van der Waals surface area contributed by atoms with E-state index < -0.39 is 11.6 Å². The lowest BCUT2D eigenvalue weighted by Crippen LogP contribution is -2.08. The van der Waals surface area contributed by atoms with Crippen LogP contribution in [0.1, 0.15) is 19.4 Å². The minimum absolute atomic E-state index is 0.0607. The zero-order valence-corrected chi connectivity index (χ0v) is 9.56. The van der Waals surface area contributed by atoms with E-state index in [1.165, 1.54) is 12.1 Å². The Morgan fingerprint density at radius 2 is 1.81 bits per heavy atom. The standard InChI is InChI=1S/C12H16F2O2/c1-3-9-5-6-10(12(14)11(9)13)16-8-7-15-4-2/h5-6H,3-4,7-8H2,1-2H3. The predicted octanol–water partition coefficient (Wildman–Crippen LogP) is 2.94.